The highest BCUT2D eigenvalue weighted by Gasteiger charge is 2.24. The second-order valence-electron chi connectivity index (χ2n) is 5.37. The van der Waals surface area contributed by atoms with Crippen LogP contribution in [0.4, 0.5) is 0 Å². The molecule has 1 heterocycles. The van der Waals surface area contributed by atoms with Crippen LogP contribution in [0.25, 0.3) is 0 Å². The minimum absolute atomic E-state index is 0. The summed E-state index contributed by atoms with van der Waals surface area (Å²) in [6.07, 6.45) is 0.896. The number of benzene rings is 1. The van der Waals surface area contributed by atoms with Crippen LogP contribution >= 0.6 is 28.3 Å². The summed E-state index contributed by atoms with van der Waals surface area (Å²) in [5.74, 6) is 0.923. The maximum atomic E-state index is 6.13. The lowest BCUT2D eigenvalue weighted by molar-refractivity contribution is 0.266. The van der Waals surface area contributed by atoms with Crippen molar-refractivity contribution in [2.45, 2.75) is 38.6 Å². The third kappa shape index (κ3) is 2.95. The summed E-state index contributed by atoms with van der Waals surface area (Å²) < 4.78 is 6.68. The van der Waals surface area contributed by atoms with Crippen LogP contribution in [-0.2, 0) is 5.41 Å². The minimum Gasteiger partial charge on any atom is -0.492 e. The van der Waals surface area contributed by atoms with Gasteiger partial charge in [0, 0.05) is 18.0 Å². The van der Waals surface area contributed by atoms with Gasteiger partial charge in [0.2, 0.25) is 0 Å². The summed E-state index contributed by atoms with van der Waals surface area (Å²) in [7, 11) is 0. The fourth-order valence-electron chi connectivity index (χ4n) is 1.92. The van der Waals surface area contributed by atoms with Crippen LogP contribution in [0, 0.1) is 0 Å². The Bertz CT molecular complexity index is 415. The number of nitrogens with two attached hydrogens (primary N) is 1. The van der Waals surface area contributed by atoms with E-state index >= 15 is 0 Å². The first-order valence-electron chi connectivity index (χ1n) is 5.62. The smallest absolute Gasteiger partial charge is 0.138 e. The quantitative estimate of drug-likeness (QED) is 0.785. The molecule has 2 nitrogen and oxygen atoms in total. The minimum atomic E-state index is 0. The summed E-state index contributed by atoms with van der Waals surface area (Å²) in [5, 5.41) is 0. The van der Waals surface area contributed by atoms with Gasteiger partial charge in [0.05, 0.1) is 11.1 Å². The lowest BCUT2D eigenvalue weighted by Gasteiger charge is -2.28. The van der Waals surface area contributed by atoms with Crippen molar-refractivity contribution in [2.24, 2.45) is 5.73 Å². The molecule has 1 aliphatic heterocycles. The average molecular weight is 321 g/mol. The van der Waals surface area contributed by atoms with Crippen molar-refractivity contribution in [1.29, 1.82) is 0 Å². The standard InChI is InChI=1S/C13H18BrNO.ClH/c1-13(2,3)8-6-9-11(15)4-5-16-12(9)10(14)7-8;/h6-7,11H,4-5,15H2,1-3H3;1H/t11-;/m1./s1. The van der Waals surface area contributed by atoms with Gasteiger partial charge in [-0.3, -0.25) is 0 Å². The maximum absolute atomic E-state index is 6.13. The summed E-state index contributed by atoms with van der Waals surface area (Å²) in [5.41, 5.74) is 8.68. The highest BCUT2D eigenvalue weighted by Crippen LogP contribution is 2.40. The molecule has 1 atom stereocenters. The van der Waals surface area contributed by atoms with Gasteiger partial charge < -0.3 is 10.5 Å². The average Bonchev–Trinajstić information content (AvgIpc) is 2.18. The number of hydrogen-bond acceptors (Lipinski definition) is 2. The van der Waals surface area contributed by atoms with E-state index in [-0.39, 0.29) is 23.9 Å². The molecule has 0 radical (unpaired) electrons. The molecule has 0 aromatic heterocycles. The number of halogens is 2. The van der Waals surface area contributed by atoms with Crippen molar-refractivity contribution in [3.63, 3.8) is 0 Å². The molecule has 0 spiro atoms. The van der Waals surface area contributed by atoms with Gasteiger partial charge in [-0.1, -0.05) is 20.8 Å². The number of fused-ring (bicyclic) bond motifs is 1. The number of ether oxygens (including phenoxy) is 1. The van der Waals surface area contributed by atoms with Crippen LogP contribution < -0.4 is 10.5 Å². The largest absolute Gasteiger partial charge is 0.492 e. The first-order valence-corrected chi connectivity index (χ1v) is 6.41. The zero-order valence-electron chi connectivity index (χ0n) is 10.4. The van der Waals surface area contributed by atoms with Crippen molar-refractivity contribution in [3.05, 3.63) is 27.7 Å². The highest BCUT2D eigenvalue weighted by molar-refractivity contribution is 9.10. The van der Waals surface area contributed by atoms with Crippen LogP contribution in [0.15, 0.2) is 16.6 Å². The molecule has 0 saturated carbocycles. The molecule has 0 saturated heterocycles. The van der Waals surface area contributed by atoms with Crippen LogP contribution in [0.1, 0.15) is 44.4 Å². The second kappa shape index (κ2) is 5.17. The molecule has 0 unspecified atom stereocenters. The van der Waals surface area contributed by atoms with E-state index in [2.05, 4.69) is 48.8 Å². The summed E-state index contributed by atoms with van der Waals surface area (Å²) in [6.45, 7) is 7.32. The third-order valence-electron chi connectivity index (χ3n) is 3.01. The van der Waals surface area contributed by atoms with E-state index in [0.29, 0.717) is 6.61 Å². The first-order chi connectivity index (χ1) is 7.39. The van der Waals surface area contributed by atoms with Gasteiger partial charge in [-0.2, -0.15) is 0 Å². The van der Waals surface area contributed by atoms with Crippen molar-refractivity contribution in [1.82, 2.24) is 0 Å². The van der Waals surface area contributed by atoms with E-state index in [1.165, 1.54) is 5.56 Å². The fraction of sp³-hybridized carbons (Fsp3) is 0.538. The van der Waals surface area contributed by atoms with Crippen LogP contribution in [0.5, 0.6) is 5.75 Å². The Morgan fingerprint density at radius 2 is 2.00 bits per heavy atom. The van der Waals surface area contributed by atoms with E-state index < -0.39 is 0 Å². The summed E-state index contributed by atoms with van der Waals surface area (Å²) in [4.78, 5) is 0. The van der Waals surface area contributed by atoms with E-state index in [4.69, 9.17) is 10.5 Å². The predicted octanol–water partition coefficient (Wildman–Crippen LogP) is 3.95. The Morgan fingerprint density at radius 1 is 1.35 bits per heavy atom. The monoisotopic (exact) mass is 319 g/mol. The third-order valence-corrected chi connectivity index (χ3v) is 3.60. The van der Waals surface area contributed by atoms with Crippen LogP contribution in [0.3, 0.4) is 0 Å². The molecule has 0 bridgehead atoms. The van der Waals surface area contributed by atoms with Gasteiger partial charge in [-0.05, 0) is 39.0 Å². The molecule has 4 heteroatoms. The molecule has 1 aliphatic rings. The molecule has 0 amide bonds. The van der Waals surface area contributed by atoms with Crippen molar-refractivity contribution >= 4 is 28.3 Å². The van der Waals surface area contributed by atoms with Gasteiger partial charge in [0.15, 0.2) is 0 Å². The van der Waals surface area contributed by atoms with E-state index in [1.807, 2.05) is 0 Å². The Morgan fingerprint density at radius 3 is 2.59 bits per heavy atom. The van der Waals surface area contributed by atoms with Crippen LogP contribution in [-0.4, -0.2) is 6.61 Å². The fourth-order valence-corrected chi connectivity index (χ4v) is 2.51. The summed E-state index contributed by atoms with van der Waals surface area (Å²) >= 11 is 3.57. The molecule has 96 valence electrons. The highest BCUT2D eigenvalue weighted by atomic mass is 79.9. The zero-order chi connectivity index (χ0) is 11.9. The zero-order valence-corrected chi connectivity index (χ0v) is 12.8. The van der Waals surface area contributed by atoms with E-state index in [9.17, 15) is 0 Å². The maximum Gasteiger partial charge on any atom is 0.138 e. The topological polar surface area (TPSA) is 35.2 Å². The molecule has 1 aromatic rings. The lowest BCUT2D eigenvalue weighted by atomic mass is 9.84. The SMILES string of the molecule is CC(C)(C)c1cc(Br)c2c(c1)[C@H](N)CCO2.Cl. The lowest BCUT2D eigenvalue weighted by Crippen LogP contribution is -2.22. The summed E-state index contributed by atoms with van der Waals surface area (Å²) in [6, 6.07) is 4.42. The number of rotatable bonds is 0. The van der Waals surface area contributed by atoms with Crippen molar-refractivity contribution in [2.75, 3.05) is 6.61 Å². The molecule has 0 aliphatic carbocycles. The molecule has 1 aromatic carbocycles. The van der Waals surface area contributed by atoms with Gasteiger partial charge >= 0.3 is 0 Å². The van der Waals surface area contributed by atoms with Crippen molar-refractivity contribution in [3.8, 4) is 5.75 Å². The molecule has 2 N–H and O–H groups in total. The van der Waals surface area contributed by atoms with Gasteiger partial charge in [-0.25, -0.2) is 0 Å². The van der Waals surface area contributed by atoms with Crippen LogP contribution in [0.2, 0.25) is 0 Å². The predicted molar refractivity (Wildman–Crippen MR) is 77.1 cm³/mol. The van der Waals surface area contributed by atoms with Crippen molar-refractivity contribution < 1.29 is 4.74 Å². The van der Waals surface area contributed by atoms with Gasteiger partial charge in [0.25, 0.3) is 0 Å². The first kappa shape index (κ1) is 14.8. The van der Waals surface area contributed by atoms with E-state index in [0.717, 1.165) is 22.2 Å². The molecular weight excluding hydrogens is 302 g/mol. The Balaban J connectivity index is 0.00000144. The normalized spacial score (nSPS) is 19.0. The molecule has 0 fully saturated rings. The van der Waals surface area contributed by atoms with Gasteiger partial charge in [-0.15, -0.1) is 12.4 Å². The molecular formula is C13H19BrClNO. The molecule has 17 heavy (non-hydrogen) atoms. The Kier molecular flexibility index (Phi) is 4.50. The Labute approximate surface area is 117 Å². The second-order valence-corrected chi connectivity index (χ2v) is 6.22. The molecule has 2 rings (SSSR count). The van der Waals surface area contributed by atoms with E-state index in [1.54, 1.807) is 0 Å². The number of hydrogen-bond donors (Lipinski definition) is 1. The Hall–Kier alpha value is -0.250. The van der Waals surface area contributed by atoms with Gasteiger partial charge in [0.1, 0.15) is 5.75 Å².